The summed E-state index contributed by atoms with van der Waals surface area (Å²) in [6, 6.07) is 1.76. The summed E-state index contributed by atoms with van der Waals surface area (Å²) < 4.78 is 0.918. The molecule has 6 heteroatoms. The van der Waals surface area contributed by atoms with Gasteiger partial charge in [-0.05, 0) is 28.9 Å². The lowest BCUT2D eigenvalue weighted by atomic mass is 10.3. The van der Waals surface area contributed by atoms with Crippen LogP contribution in [0.4, 0.5) is 0 Å². The summed E-state index contributed by atoms with van der Waals surface area (Å²) in [7, 11) is 0. The van der Waals surface area contributed by atoms with Crippen LogP contribution in [0.3, 0.4) is 0 Å². The first-order valence-corrected chi connectivity index (χ1v) is 6.59. The minimum atomic E-state index is -0.147. The maximum atomic E-state index is 11.5. The van der Waals surface area contributed by atoms with Crippen LogP contribution < -0.4 is 10.6 Å². The first-order valence-electron chi connectivity index (χ1n) is 4.92. The van der Waals surface area contributed by atoms with Crippen LogP contribution in [0, 0.1) is 0 Å². The van der Waals surface area contributed by atoms with Gasteiger partial charge in [0.1, 0.15) is 0 Å². The van der Waals surface area contributed by atoms with Crippen LogP contribution in [0.1, 0.15) is 23.7 Å². The summed E-state index contributed by atoms with van der Waals surface area (Å²) in [5.41, 5.74) is 0.618. The van der Waals surface area contributed by atoms with Crippen LogP contribution in [0.2, 0.25) is 0 Å². The number of halogens is 1. The van der Waals surface area contributed by atoms with E-state index in [0.29, 0.717) is 25.1 Å². The number of carbonyl (C=O) groups is 2. The quantitative estimate of drug-likeness (QED) is 0.871. The van der Waals surface area contributed by atoms with E-state index in [2.05, 4.69) is 26.6 Å². The Morgan fingerprint density at radius 2 is 2.19 bits per heavy atom. The number of amides is 2. The van der Waals surface area contributed by atoms with E-state index >= 15 is 0 Å². The predicted octanol–water partition coefficient (Wildman–Crippen LogP) is 1.77. The normalized spacial score (nSPS) is 9.88. The van der Waals surface area contributed by atoms with E-state index in [1.54, 1.807) is 11.4 Å². The zero-order chi connectivity index (χ0) is 12.0. The number of hydrogen-bond donors (Lipinski definition) is 2. The van der Waals surface area contributed by atoms with Crippen LogP contribution in [0.25, 0.3) is 0 Å². The molecule has 0 fully saturated rings. The lowest BCUT2D eigenvalue weighted by molar-refractivity contribution is -0.120. The molecular formula is C10H13BrN2O2S. The Morgan fingerprint density at radius 1 is 1.44 bits per heavy atom. The van der Waals surface area contributed by atoms with Crippen molar-refractivity contribution in [2.75, 3.05) is 13.1 Å². The highest BCUT2D eigenvalue weighted by atomic mass is 79.9. The smallest absolute Gasteiger partial charge is 0.252 e. The average molecular weight is 305 g/mol. The highest BCUT2D eigenvalue weighted by molar-refractivity contribution is 9.11. The topological polar surface area (TPSA) is 58.2 Å². The largest absolute Gasteiger partial charge is 0.356 e. The van der Waals surface area contributed by atoms with Crippen molar-refractivity contribution >= 4 is 39.1 Å². The molecule has 2 N–H and O–H groups in total. The standard InChI is InChI=1S/C10H13BrN2O2S/c1-2-12-9(14)3-4-13-10(15)7-5-8(11)16-6-7/h5-6H,2-4H2,1H3,(H,12,14)(H,13,15). The summed E-state index contributed by atoms with van der Waals surface area (Å²) >= 11 is 4.74. The molecule has 2 amide bonds. The van der Waals surface area contributed by atoms with E-state index in [9.17, 15) is 9.59 Å². The Balaban J connectivity index is 2.28. The Hall–Kier alpha value is -0.880. The van der Waals surface area contributed by atoms with Gasteiger partial charge in [-0.25, -0.2) is 0 Å². The molecule has 1 aromatic heterocycles. The van der Waals surface area contributed by atoms with Crippen LogP contribution in [0.15, 0.2) is 15.2 Å². The molecule has 1 rings (SSSR count). The molecule has 0 aromatic carbocycles. The molecule has 88 valence electrons. The number of carbonyl (C=O) groups excluding carboxylic acids is 2. The summed E-state index contributed by atoms with van der Waals surface area (Å²) in [6.45, 7) is 2.84. The Bertz CT molecular complexity index is 379. The molecule has 1 heterocycles. The molecule has 0 spiro atoms. The molecule has 0 radical (unpaired) electrons. The molecule has 0 unspecified atom stereocenters. The Morgan fingerprint density at radius 3 is 2.75 bits per heavy atom. The predicted molar refractivity (Wildman–Crippen MR) is 67.7 cm³/mol. The lowest BCUT2D eigenvalue weighted by Gasteiger charge is -2.03. The molecule has 0 aliphatic rings. The molecule has 0 aliphatic carbocycles. The molecular weight excluding hydrogens is 292 g/mol. The third kappa shape index (κ3) is 4.32. The van der Waals surface area contributed by atoms with E-state index in [1.807, 2.05) is 6.92 Å². The second-order valence-electron chi connectivity index (χ2n) is 3.10. The van der Waals surface area contributed by atoms with Gasteiger partial charge in [-0.3, -0.25) is 9.59 Å². The van der Waals surface area contributed by atoms with Crippen molar-refractivity contribution in [1.82, 2.24) is 10.6 Å². The monoisotopic (exact) mass is 304 g/mol. The highest BCUT2D eigenvalue weighted by Gasteiger charge is 2.07. The van der Waals surface area contributed by atoms with Crippen molar-refractivity contribution in [3.63, 3.8) is 0 Å². The van der Waals surface area contributed by atoms with E-state index in [0.717, 1.165) is 3.79 Å². The van der Waals surface area contributed by atoms with Gasteiger partial charge in [-0.15, -0.1) is 11.3 Å². The van der Waals surface area contributed by atoms with Gasteiger partial charge in [0.05, 0.1) is 9.35 Å². The first-order chi connectivity index (χ1) is 7.63. The second-order valence-corrected chi connectivity index (χ2v) is 5.39. The van der Waals surface area contributed by atoms with Crippen molar-refractivity contribution < 1.29 is 9.59 Å². The van der Waals surface area contributed by atoms with Gasteiger partial charge in [0.15, 0.2) is 0 Å². The lowest BCUT2D eigenvalue weighted by Crippen LogP contribution is -2.30. The van der Waals surface area contributed by atoms with Gasteiger partial charge in [0.2, 0.25) is 5.91 Å². The molecule has 0 saturated carbocycles. The molecule has 1 aromatic rings. The van der Waals surface area contributed by atoms with Crippen molar-refractivity contribution in [3.8, 4) is 0 Å². The van der Waals surface area contributed by atoms with Gasteiger partial charge >= 0.3 is 0 Å². The zero-order valence-electron chi connectivity index (χ0n) is 8.88. The molecule has 0 saturated heterocycles. The van der Waals surface area contributed by atoms with Crippen LogP contribution in [-0.2, 0) is 4.79 Å². The first kappa shape index (κ1) is 13.2. The van der Waals surface area contributed by atoms with Gasteiger partial charge in [-0.2, -0.15) is 0 Å². The third-order valence-electron chi connectivity index (χ3n) is 1.84. The number of hydrogen-bond acceptors (Lipinski definition) is 3. The maximum absolute atomic E-state index is 11.5. The summed E-state index contributed by atoms with van der Waals surface area (Å²) in [6.07, 6.45) is 0.310. The molecule has 0 aliphatic heterocycles. The molecule has 4 nitrogen and oxygen atoms in total. The van der Waals surface area contributed by atoms with Crippen molar-refractivity contribution in [2.24, 2.45) is 0 Å². The fraction of sp³-hybridized carbons (Fsp3) is 0.400. The van der Waals surface area contributed by atoms with E-state index in [1.165, 1.54) is 11.3 Å². The fourth-order valence-electron chi connectivity index (χ4n) is 1.11. The second kappa shape index (κ2) is 6.65. The Kier molecular flexibility index (Phi) is 5.48. The van der Waals surface area contributed by atoms with Crippen molar-refractivity contribution in [3.05, 3.63) is 20.8 Å². The summed E-state index contributed by atoms with van der Waals surface area (Å²) in [4.78, 5) is 22.6. The Labute approximate surface area is 107 Å². The van der Waals surface area contributed by atoms with Gasteiger partial charge in [0.25, 0.3) is 5.91 Å². The fourth-order valence-corrected chi connectivity index (χ4v) is 2.24. The van der Waals surface area contributed by atoms with E-state index in [-0.39, 0.29) is 11.8 Å². The highest BCUT2D eigenvalue weighted by Crippen LogP contribution is 2.20. The van der Waals surface area contributed by atoms with E-state index < -0.39 is 0 Å². The number of rotatable bonds is 5. The van der Waals surface area contributed by atoms with Gasteiger partial charge < -0.3 is 10.6 Å². The summed E-state index contributed by atoms with van der Waals surface area (Å²) in [5.74, 6) is -0.194. The van der Waals surface area contributed by atoms with Crippen LogP contribution >= 0.6 is 27.3 Å². The number of thiophene rings is 1. The van der Waals surface area contributed by atoms with Crippen molar-refractivity contribution in [1.29, 1.82) is 0 Å². The SMILES string of the molecule is CCNC(=O)CCNC(=O)c1csc(Br)c1. The van der Waals surface area contributed by atoms with Crippen molar-refractivity contribution in [2.45, 2.75) is 13.3 Å². The molecule has 0 atom stereocenters. The van der Waals surface area contributed by atoms with Gasteiger partial charge in [0, 0.05) is 24.9 Å². The minimum absolute atomic E-state index is 0.0469. The van der Waals surface area contributed by atoms with E-state index in [4.69, 9.17) is 0 Å². The molecule has 0 bridgehead atoms. The van der Waals surface area contributed by atoms with Gasteiger partial charge in [-0.1, -0.05) is 0 Å². The van der Waals surface area contributed by atoms with Crippen LogP contribution in [-0.4, -0.2) is 24.9 Å². The molecule has 16 heavy (non-hydrogen) atoms. The summed E-state index contributed by atoms with van der Waals surface area (Å²) in [5, 5.41) is 7.12. The number of nitrogens with one attached hydrogen (secondary N) is 2. The average Bonchev–Trinajstić information content (AvgIpc) is 2.65. The third-order valence-corrected chi connectivity index (χ3v) is 3.35. The zero-order valence-corrected chi connectivity index (χ0v) is 11.3. The van der Waals surface area contributed by atoms with Crippen LogP contribution in [0.5, 0.6) is 0 Å². The minimum Gasteiger partial charge on any atom is -0.356 e. The maximum Gasteiger partial charge on any atom is 0.252 e.